The van der Waals surface area contributed by atoms with E-state index < -0.39 is 0 Å². The molecule has 3 unspecified atom stereocenters. The van der Waals surface area contributed by atoms with E-state index in [4.69, 9.17) is 0 Å². The predicted molar refractivity (Wildman–Crippen MR) is 106 cm³/mol. The zero-order chi connectivity index (χ0) is 18.6. The van der Waals surface area contributed by atoms with Crippen LogP contribution in [0.2, 0.25) is 0 Å². The van der Waals surface area contributed by atoms with Gasteiger partial charge in [-0.25, -0.2) is 4.98 Å². The van der Waals surface area contributed by atoms with Crippen molar-refractivity contribution in [3.05, 3.63) is 65.5 Å². The van der Waals surface area contributed by atoms with Gasteiger partial charge in [0.2, 0.25) is 0 Å². The number of aryl methyl sites for hydroxylation is 1. The molecule has 4 rings (SSSR count). The average Bonchev–Trinajstić information content (AvgIpc) is 3.16. The van der Waals surface area contributed by atoms with Gasteiger partial charge in [-0.15, -0.1) is 0 Å². The molecule has 3 heterocycles. The Hall–Kier alpha value is -2.24. The predicted octanol–water partition coefficient (Wildman–Crippen LogP) is 2.58. The third-order valence-corrected chi connectivity index (χ3v) is 5.84. The van der Waals surface area contributed by atoms with Gasteiger partial charge in [-0.1, -0.05) is 36.4 Å². The van der Waals surface area contributed by atoms with Gasteiger partial charge in [0.25, 0.3) is 5.91 Å². The van der Waals surface area contributed by atoms with Crippen LogP contribution in [0, 0.1) is 18.8 Å². The van der Waals surface area contributed by atoms with Gasteiger partial charge in [-0.3, -0.25) is 15.6 Å². The van der Waals surface area contributed by atoms with Crippen LogP contribution in [-0.4, -0.2) is 41.5 Å². The average molecular weight is 364 g/mol. The quantitative estimate of drug-likeness (QED) is 0.876. The Balaban J connectivity index is 1.43. The molecule has 2 saturated heterocycles. The van der Waals surface area contributed by atoms with Gasteiger partial charge in [0, 0.05) is 31.4 Å². The lowest BCUT2D eigenvalue weighted by Gasteiger charge is -2.37. The van der Waals surface area contributed by atoms with Crippen molar-refractivity contribution in [1.82, 2.24) is 20.7 Å². The summed E-state index contributed by atoms with van der Waals surface area (Å²) in [6.45, 7) is 4.54. The van der Waals surface area contributed by atoms with Crippen LogP contribution < -0.4 is 10.9 Å². The fraction of sp³-hybridized carbons (Fsp3) is 0.455. The first-order chi connectivity index (χ1) is 13.2. The van der Waals surface area contributed by atoms with Gasteiger partial charge >= 0.3 is 0 Å². The summed E-state index contributed by atoms with van der Waals surface area (Å²) in [5.74, 6) is 1.08. The first kappa shape index (κ1) is 18.1. The van der Waals surface area contributed by atoms with Crippen LogP contribution >= 0.6 is 0 Å². The third-order valence-electron chi connectivity index (χ3n) is 5.84. The molecule has 5 heteroatoms. The number of rotatable bonds is 4. The molecular formula is C22H28N4O. The molecule has 2 fully saturated rings. The highest BCUT2D eigenvalue weighted by Gasteiger charge is 2.37. The van der Waals surface area contributed by atoms with Gasteiger partial charge in [-0.05, 0) is 55.7 Å². The normalized spacial score (nSPS) is 25.5. The number of piperidine rings is 1. The topological polar surface area (TPSA) is 57.3 Å². The lowest BCUT2D eigenvalue weighted by atomic mass is 9.81. The van der Waals surface area contributed by atoms with Crippen molar-refractivity contribution in [2.75, 3.05) is 19.6 Å². The molecule has 1 aromatic carbocycles. The molecule has 2 aliphatic rings. The minimum absolute atomic E-state index is 0.0639. The number of benzene rings is 1. The van der Waals surface area contributed by atoms with Crippen LogP contribution in [0.3, 0.4) is 0 Å². The molecule has 5 nitrogen and oxygen atoms in total. The van der Waals surface area contributed by atoms with Gasteiger partial charge < -0.3 is 4.90 Å². The fourth-order valence-electron chi connectivity index (χ4n) is 4.48. The third kappa shape index (κ3) is 4.20. The molecule has 142 valence electrons. The molecule has 0 spiro atoms. The van der Waals surface area contributed by atoms with Crippen LogP contribution in [0.1, 0.15) is 34.6 Å². The summed E-state index contributed by atoms with van der Waals surface area (Å²) in [7, 11) is 0. The van der Waals surface area contributed by atoms with E-state index in [9.17, 15) is 4.79 Å². The molecule has 3 atom stereocenters. The van der Waals surface area contributed by atoms with Gasteiger partial charge in [0.15, 0.2) is 0 Å². The van der Waals surface area contributed by atoms with Gasteiger partial charge in [-0.2, -0.15) is 0 Å². The number of amides is 1. The molecule has 1 aromatic heterocycles. The van der Waals surface area contributed by atoms with E-state index in [-0.39, 0.29) is 5.91 Å². The van der Waals surface area contributed by atoms with E-state index in [0.29, 0.717) is 23.6 Å². The molecule has 2 aliphatic heterocycles. The number of nitrogens with zero attached hydrogens (tertiary/aromatic N) is 2. The first-order valence-corrected chi connectivity index (χ1v) is 9.96. The monoisotopic (exact) mass is 364 g/mol. The lowest BCUT2D eigenvalue weighted by molar-refractivity contribution is 0.0629. The van der Waals surface area contributed by atoms with E-state index in [1.807, 2.05) is 30.0 Å². The number of hydrogen-bond donors (Lipinski definition) is 2. The van der Waals surface area contributed by atoms with Crippen LogP contribution in [0.5, 0.6) is 0 Å². The molecule has 1 amide bonds. The SMILES string of the molecule is Cc1cccc(C(=O)N2CCCC(C3NNCC3Cc3ccccc3)C2)n1. The van der Waals surface area contributed by atoms with Crippen molar-refractivity contribution < 1.29 is 4.79 Å². The number of carbonyl (C=O) groups excluding carboxylic acids is 1. The van der Waals surface area contributed by atoms with Gasteiger partial charge in [0.1, 0.15) is 5.69 Å². The van der Waals surface area contributed by atoms with E-state index in [1.165, 1.54) is 5.56 Å². The second-order valence-corrected chi connectivity index (χ2v) is 7.82. The number of hydrazine groups is 1. The van der Waals surface area contributed by atoms with Crippen molar-refractivity contribution >= 4 is 5.91 Å². The van der Waals surface area contributed by atoms with Crippen LogP contribution in [0.4, 0.5) is 0 Å². The molecule has 27 heavy (non-hydrogen) atoms. The maximum absolute atomic E-state index is 12.9. The molecule has 0 bridgehead atoms. The summed E-state index contributed by atoms with van der Waals surface area (Å²) in [6, 6.07) is 16.7. The number of likely N-dealkylation sites (tertiary alicyclic amines) is 1. The molecule has 0 saturated carbocycles. The van der Waals surface area contributed by atoms with Crippen molar-refractivity contribution in [3.8, 4) is 0 Å². The van der Waals surface area contributed by atoms with Crippen molar-refractivity contribution in [2.24, 2.45) is 11.8 Å². The van der Waals surface area contributed by atoms with E-state index in [0.717, 1.165) is 44.6 Å². The second-order valence-electron chi connectivity index (χ2n) is 7.82. The summed E-state index contributed by atoms with van der Waals surface area (Å²) in [5.41, 5.74) is 9.69. The Morgan fingerprint density at radius 3 is 2.85 bits per heavy atom. The number of aromatic nitrogens is 1. The highest BCUT2D eigenvalue weighted by Crippen LogP contribution is 2.28. The highest BCUT2D eigenvalue weighted by atomic mass is 16.2. The molecular weight excluding hydrogens is 336 g/mol. The Kier molecular flexibility index (Phi) is 5.50. The number of nitrogens with one attached hydrogen (secondary N) is 2. The lowest BCUT2D eigenvalue weighted by Crippen LogP contribution is -2.49. The maximum Gasteiger partial charge on any atom is 0.272 e. The number of pyridine rings is 1. The Bertz CT molecular complexity index is 779. The molecule has 2 aromatic rings. The van der Waals surface area contributed by atoms with E-state index in [2.05, 4.69) is 46.2 Å². The first-order valence-electron chi connectivity index (χ1n) is 9.96. The van der Waals surface area contributed by atoms with Crippen LogP contribution in [0.25, 0.3) is 0 Å². The number of hydrogen-bond acceptors (Lipinski definition) is 4. The maximum atomic E-state index is 12.9. The Labute approximate surface area is 161 Å². The highest BCUT2D eigenvalue weighted by molar-refractivity contribution is 5.92. The zero-order valence-corrected chi connectivity index (χ0v) is 15.9. The van der Waals surface area contributed by atoms with E-state index >= 15 is 0 Å². The zero-order valence-electron chi connectivity index (χ0n) is 15.9. The van der Waals surface area contributed by atoms with Gasteiger partial charge in [0.05, 0.1) is 0 Å². The summed E-state index contributed by atoms with van der Waals surface area (Å²) in [5, 5.41) is 0. The minimum atomic E-state index is 0.0639. The summed E-state index contributed by atoms with van der Waals surface area (Å²) in [6.07, 6.45) is 3.28. The van der Waals surface area contributed by atoms with Crippen LogP contribution in [0.15, 0.2) is 48.5 Å². The fourth-order valence-corrected chi connectivity index (χ4v) is 4.48. The van der Waals surface area contributed by atoms with E-state index in [1.54, 1.807) is 0 Å². The molecule has 0 aliphatic carbocycles. The second kappa shape index (κ2) is 8.19. The number of carbonyl (C=O) groups is 1. The Morgan fingerprint density at radius 1 is 1.19 bits per heavy atom. The summed E-state index contributed by atoms with van der Waals surface area (Å²) in [4.78, 5) is 19.3. The smallest absolute Gasteiger partial charge is 0.272 e. The molecule has 0 radical (unpaired) electrons. The summed E-state index contributed by atoms with van der Waals surface area (Å²) >= 11 is 0. The minimum Gasteiger partial charge on any atom is -0.337 e. The van der Waals surface area contributed by atoms with Crippen LogP contribution in [-0.2, 0) is 6.42 Å². The summed E-state index contributed by atoms with van der Waals surface area (Å²) < 4.78 is 0. The van der Waals surface area contributed by atoms with Crippen molar-refractivity contribution in [1.29, 1.82) is 0 Å². The molecule has 2 N–H and O–H groups in total. The van der Waals surface area contributed by atoms with Crippen molar-refractivity contribution in [3.63, 3.8) is 0 Å². The van der Waals surface area contributed by atoms with Crippen molar-refractivity contribution in [2.45, 2.75) is 32.2 Å². The standard InChI is InChI=1S/C22H28N4O/c1-16-7-5-11-20(24-16)22(27)26-12-6-10-18(15-26)21-19(14-23-25-21)13-17-8-3-2-4-9-17/h2-5,7-9,11,18-19,21,23,25H,6,10,12-15H2,1H3. The largest absolute Gasteiger partial charge is 0.337 e. The Morgan fingerprint density at radius 2 is 2.04 bits per heavy atom.